The highest BCUT2D eigenvalue weighted by Crippen LogP contribution is 2.28. The first-order valence-corrected chi connectivity index (χ1v) is 6.78. The molecule has 1 atom stereocenters. The lowest BCUT2D eigenvalue weighted by Gasteiger charge is -2.38. The number of carbonyl (C=O) groups excluding carboxylic acids is 2. The largest absolute Gasteiger partial charge is 0.480 e. The van der Waals surface area contributed by atoms with Gasteiger partial charge in [0, 0.05) is 19.5 Å². The molecule has 7 nitrogen and oxygen atoms in total. The van der Waals surface area contributed by atoms with E-state index in [0.717, 1.165) is 12.8 Å². The van der Waals surface area contributed by atoms with Crippen LogP contribution in [0.4, 0.5) is 4.79 Å². The molecule has 1 aliphatic heterocycles. The predicted molar refractivity (Wildman–Crippen MR) is 73.0 cm³/mol. The van der Waals surface area contributed by atoms with Crippen LogP contribution in [-0.4, -0.2) is 47.0 Å². The fraction of sp³-hybridized carbons (Fsp3) is 0.769. The van der Waals surface area contributed by atoms with Gasteiger partial charge in [0.2, 0.25) is 5.91 Å². The quantitative estimate of drug-likeness (QED) is 0.684. The Morgan fingerprint density at radius 1 is 1.40 bits per heavy atom. The van der Waals surface area contributed by atoms with E-state index in [-0.39, 0.29) is 18.3 Å². The van der Waals surface area contributed by atoms with Crippen molar-refractivity contribution in [2.24, 2.45) is 11.1 Å². The summed E-state index contributed by atoms with van der Waals surface area (Å²) in [6.45, 7) is 5.38. The summed E-state index contributed by atoms with van der Waals surface area (Å²) in [5, 5.41) is 11.5. The van der Waals surface area contributed by atoms with Gasteiger partial charge < -0.3 is 21.1 Å². The van der Waals surface area contributed by atoms with Crippen molar-refractivity contribution in [2.75, 3.05) is 13.1 Å². The molecule has 0 radical (unpaired) electrons. The zero-order valence-electron chi connectivity index (χ0n) is 12.0. The highest BCUT2D eigenvalue weighted by atomic mass is 16.4. The van der Waals surface area contributed by atoms with Crippen LogP contribution >= 0.6 is 0 Å². The van der Waals surface area contributed by atoms with E-state index >= 15 is 0 Å². The number of urea groups is 1. The SMILES string of the molecule is CC1(C)CCCN(C(=O)N[C@@H](CCC(N)=O)C(=O)O)C1. The topological polar surface area (TPSA) is 113 Å². The Morgan fingerprint density at radius 2 is 2.05 bits per heavy atom. The molecule has 114 valence electrons. The number of rotatable bonds is 5. The van der Waals surface area contributed by atoms with Gasteiger partial charge in [0.1, 0.15) is 6.04 Å². The molecule has 3 amide bonds. The Kier molecular flexibility index (Phi) is 5.35. The molecule has 0 unspecified atom stereocenters. The molecule has 1 saturated heterocycles. The highest BCUT2D eigenvalue weighted by Gasteiger charge is 2.31. The first-order chi connectivity index (χ1) is 9.21. The second-order valence-electron chi connectivity index (χ2n) is 6.03. The number of hydrogen-bond acceptors (Lipinski definition) is 3. The van der Waals surface area contributed by atoms with E-state index in [1.54, 1.807) is 4.90 Å². The summed E-state index contributed by atoms with van der Waals surface area (Å²) in [6, 6.07) is -1.48. The number of likely N-dealkylation sites (tertiary alicyclic amines) is 1. The van der Waals surface area contributed by atoms with Crippen molar-refractivity contribution in [3.63, 3.8) is 0 Å². The van der Waals surface area contributed by atoms with Crippen molar-refractivity contribution in [3.8, 4) is 0 Å². The standard InChI is InChI=1S/C13H23N3O4/c1-13(2)6-3-7-16(8-13)12(20)15-9(11(18)19)4-5-10(14)17/h9H,3-8H2,1-2H3,(H2,14,17)(H,15,20)(H,18,19)/t9-/m0/s1. The normalized spacial score (nSPS) is 19.2. The van der Waals surface area contributed by atoms with E-state index in [9.17, 15) is 14.4 Å². The van der Waals surface area contributed by atoms with Gasteiger partial charge in [-0.05, 0) is 24.7 Å². The van der Waals surface area contributed by atoms with Gasteiger partial charge >= 0.3 is 12.0 Å². The van der Waals surface area contributed by atoms with Crippen LogP contribution in [0.25, 0.3) is 0 Å². The Bertz CT molecular complexity index is 395. The van der Waals surface area contributed by atoms with Crippen molar-refractivity contribution in [2.45, 2.75) is 45.6 Å². The third-order valence-electron chi connectivity index (χ3n) is 3.46. The summed E-state index contributed by atoms with van der Waals surface area (Å²) < 4.78 is 0. The first kappa shape index (κ1) is 16.3. The lowest BCUT2D eigenvalue weighted by molar-refractivity contribution is -0.139. The van der Waals surface area contributed by atoms with Gasteiger partial charge in [0.05, 0.1) is 0 Å². The van der Waals surface area contributed by atoms with Crippen LogP contribution in [0, 0.1) is 5.41 Å². The minimum absolute atomic E-state index is 0.00758. The number of amides is 3. The summed E-state index contributed by atoms with van der Waals surface area (Å²) in [5.41, 5.74) is 5.04. The number of piperidine rings is 1. The van der Waals surface area contributed by atoms with Crippen molar-refractivity contribution in [1.29, 1.82) is 0 Å². The molecule has 0 aromatic carbocycles. The van der Waals surface area contributed by atoms with Gasteiger partial charge in [-0.25, -0.2) is 9.59 Å². The molecular weight excluding hydrogens is 262 g/mol. The van der Waals surface area contributed by atoms with Crippen molar-refractivity contribution >= 4 is 17.9 Å². The summed E-state index contributed by atoms with van der Waals surface area (Å²) in [7, 11) is 0. The number of carbonyl (C=O) groups is 3. The number of carboxylic acids is 1. The number of nitrogens with two attached hydrogens (primary N) is 1. The fourth-order valence-corrected chi connectivity index (χ4v) is 2.38. The molecule has 4 N–H and O–H groups in total. The number of nitrogens with zero attached hydrogens (tertiary/aromatic N) is 1. The fourth-order valence-electron chi connectivity index (χ4n) is 2.38. The molecule has 1 rings (SSSR count). The van der Waals surface area contributed by atoms with Gasteiger partial charge in [-0.1, -0.05) is 13.8 Å². The molecule has 0 bridgehead atoms. The Labute approximate surface area is 118 Å². The van der Waals surface area contributed by atoms with Crippen molar-refractivity contribution in [1.82, 2.24) is 10.2 Å². The lowest BCUT2D eigenvalue weighted by atomic mass is 9.84. The van der Waals surface area contributed by atoms with Gasteiger partial charge in [-0.15, -0.1) is 0 Å². The van der Waals surface area contributed by atoms with Gasteiger partial charge in [-0.2, -0.15) is 0 Å². The van der Waals surface area contributed by atoms with Crippen LogP contribution in [-0.2, 0) is 9.59 Å². The van der Waals surface area contributed by atoms with Crippen LogP contribution in [0.1, 0.15) is 39.5 Å². The molecule has 7 heteroatoms. The van der Waals surface area contributed by atoms with Gasteiger partial charge in [-0.3, -0.25) is 4.79 Å². The van der Waals surface area contributed by atoms with Gasteiger partial charge in [0.25, 0.3) is 0 Å². The van der Waals surface area contributed by atoms with E-state index < -0.39 is 23.9 Å². The van der Waals surface area contributed by atoms with Crippen molar-refractivity contribution in [3.05, 3.63) is 0 Å². The Hall–Kier alpha value is -1.79. The maximum absolute atomic E-state index is 12.1. The highest BCUT2D eigenvalue weighted by molar-refractivity contribution is 5.83. The molecule has 0 aliphatic carbocycles. The monoisotopic (exact) mass is 285 g/mol. The number of primary amides is 1. The minimum Gasteiger partial charge on any atom is -0.480 e. The molecule has 0 aromatic heterocycles. The van der Waals surface area contributed by atoms with E-state index in [1.807, 2.05) is 0 Å². The second-order valence-corrected chi connectivity index (χ2v) is 6.03. The first-order valence-electron chi connectivity index (χ1n) is 6.78. The average Bonchev–Trinajstić information content (AvgIpc) is 2.32. The zero-order chi connectivity index (χ0) is 15.3. The van der Waals surface area contributed by atoms with Crippen LogP contribution in [0.15, 0.2) is 0 Å². The molecule has 1 fully saturated rings. The summed E-state index contributed by atoms with van der Waals surface area (Å²) >= 11 is 0. The molecule has 0 saturated carbocycles. The van der Waals surface area contributed by atoms with E-state index in [0.29, 0.717) is 13.1 Å². The van der Waals surface area contributed by atoms with E-state index in [2.05, 4.69) is 19.2 Å². The molecule has 0 spiro atoms. The van der Waals surface area contributed by atoms with Gasteiger partial charge in [0.15, 0.2) is 0 Å². The van der Waals surface area contributed by atoms with Crippen LogP contribution < -0.4 is 11.1 Å². The number of carboxylic acid groups (broad SMARTS) is 1. The molecule has 1 heterocycles. The third-order valence-corrected chi connectivity index (χ3v) is 3.46. The minimum atomic E-state index is -1.16. The van der Waals surface area contributed by atoms with Crippen molar-refractivity contribution < 1.29 is 19.5 Å². The van der Waals surface area contributed by atoms with Crippen LogP contribution in [0.2, 0.25) is 0 Å². The number of nitrogens with one attached hydrogen (secondary N) is 1. The van der Waals surface area contributed by atoms with E-state index in [4.69, 9.17) is 10.8 Å². The lowest BCUT2D eigenvalue weighted by Crippen LogP contribution is -2.52. The maximum atomic E-state index is 12.1. The average molecular weight is 285 g/mol. The van der Waals surface area contributed by atoms with Crippen LogP contribution in [0.5, 0.6) is 0 Å². The predicted octanol–water partition coefficient (Wildman–Crippen LogP) is 0.537. The molecule has 1 aliphatic rings. The molecule has 0 aromatic rings. The Morgan fingerprint density at radius 3 is 2.55 bits per heavy atom. The summed E-state index contributed by atoms with van der Waals surface area (Å²) in [4.78, 5) is 35.5. The number of hydrogen-bond donors (Lipinski definition) is 3. The summed E-state index contributed by atoms with van der Waals surface area (Å²) in [6.07, 6.45) is 1.89. The Balaban J connectivity index is 2.57. The van der Waals surface area contributed by atoms with E-state index in [1.165, 1.54) is 0 Å². The summed E-state index contributed by atoms with van der Waals surface area (Å²) in [5.74, 6) is -1.74. The smallest absolute Gasteiger partial charge is 0.326 e. The maximum Gasteiger partial charge on any atom is 0.326 e. The third kappa shape index (κ3) is 5.07. The number of aliphatic carboxylic acids is 1. The van der Waals surface area contributed by atoms with Crippen LogP contribution in [0.3, 0.4) is 0 Å². The molecule has 20 heavy (non-hydrogen) atoms. The zero-order valence-corrected chi connectivity index (χ0v) is 12.0. The molecular formula is C13H23N3O4. The second kappa shape index (κ2) is 6.58.